The van der Waals surface area contributed by atoms with E-state index in [4.69, 9.17) is 4.74 Å². The summed E-state index contributed by atoms with van der Waals surface area (Å²) in [6.45, 7) is 0.295. The number of alkyl carbamates (subject to hydrolysis) is 1. The minimum absolute atomic E-state index is 0.295. The molecule has 1 amide bonds. The van der Waals surface area contributed by atoms with Gasteiger partial charge in [-0.15, -0.1) is 0 Å². The maximum absolute atomic E-state index is 12.5. The third-order valence-electron chi connectivity index (χ3n) is 4.91. The third kappa shape index (κ3) is 4.85. The Bertz CT molecular complexity index is 677. The first-order chi connectivity index (χ1) is 12.2. The predicted octanol–water partition coefficient (Wildman–Crippen LogP) is 5.93. The van der Waals surface area contributed by atoms with Crippen LogP contribution in [0.15, 0.2) is 59.1 Å². The topological polar surface area (TPSA) is 38.3 Å². The fraction of sp³-hybridized carbons (Fsp3) is 0.381. The molecule has 0 atom stereocenters. The number of rotatable bonds is 4. The van der Waals surface area contributed by atoms with Crippen LogP contribution >= 0.6 is 15.9 Å². The van der Waals surface area contributed by atoms with E-state index in [0.29, 0.717) is 6.61 Å². The van der Waals surface area contributed by atoms with Crippen LogP contribution in [0, 0.1) is 0 Å². The zero-order valence-electron chi connectivity index (χ0n) is 14.3. The molecule has 1 fully saturated rings. The molecule has 2 aromatic carbocycles. The molecule has 1 saturated carbocycles. The summed E-state index contributed by atoms with van der Waals surface area (Å²) >= 11 is 3.49. The maximum atomic E-state index is 12.5. The number of amides is 1. The van der Waals surface area contributed by atoms with Gasteiger partial charge in [-0.25, -0.2) is 4.79 Å². The molecule has 1 aliphatic carbocycles. The first kappa shape index (κ1) is 18.0. The van der Waals surface area contributed by atoms with Crippen LogP contribution in [-0.4, -0.2) is 6.09 Å². The molecular formula is C21H24BrNO2. The van der Waals surface area contributed by atoms with Crippen LogP contribution in [0.4, 0.5) is 4.79 Å². The monoisotopic (exact) mass is 401 g/mol. The first-order valence-electron chi connectivity index (χ1n) is 8.93. The number of carbonyl (C=O) groups excluding carboxylic acids is 1. The van der Waals surface area contributed by atoms with Gasteiger partial charge in [0.15, 0.2) is 0 Å². The van der Waals surface area contributed by atoms with E-state index in [9.17, 15) is 4.79 Å². The van der Waals surface area contributed by atoms with Gasteiger partial charge in [0.1, 0.15) is 6.61 Å². The molecule has 4 heteroatoms. The van der Waals surface area contributed by atoms with Crippen molar-refractivity contribution < 1.29 is 9.53 Å². The largest absolute Gasteiger partial charge is 0.445 e. The summed E-state index contributed by atoms with van der Waals surface area (Å²) in [7, 11) is 0. The average molecular weight is 402 g/mol. The van der Waals surface area contributed by atoms with Gasteiger partial charge in [-0.2, -0.15) is 0 Å². The lowest BCUT2D eigenvalue weighted by Crippen LogP contribution is -2.45. The number of nitrogens with one attached hydrogen (secondary N) is 1. The van der Waals surface area contributed by atoms with Crippen molar-refractivity contribution in [3.8, 4) is 0 Å². The molecule has 0 saturated heterocycles. The van der Waals surface area contributed by atoms with Gasteiger partial charge >= 0.3 is 6.09 Å². The number of hydrogen-bond donors (Lipinski definition) is 1. The van der Waals surface area contributed by atoms with Crippen molar-refractivity contribution in [3.05, 3.63) is 70.2 Å². The van der Waals surface area contributed by atoms with Crippen LogP contribution in [0.5, 0.6) is 0 Å². The summed E-state index contributed by atoms with van der Waals surface area (Å²) in [5.41, 5.74) is 1.83. The fourth-order valence-electron chi connectivity index (χ4n) is 3.54. The van der Waals surface area contributed by atoms with Crippen molar-refractivity contribution in [2.24, 2.45) is 0 Å². The van der Waals surface area contributed by atoms with Crippen LogP contribution < -0.4 is 5.32 Å². The highest BCUT2D eigenvalue weighted by Crippen LogP contribution is 2.36. The van der Waals surface area contributed by atoms with E-state index in [0.717, 1.165) is 41.3 Å². The molecule has 132 valence electrons. The quantitative estimate of drug-likeness (QED) is 0.645. The van der Waals surface area contributed by atoms with Gasteiger partial charge in [0, 0.05) is 4.47 Å². The van der Waals surface area contributed by atoms with E-state index >= 15 is 0 Å². The number of benzene rings is 2. The summed E-state index contributed by atoms with van der Waals surface area (Å²) in [4.78, 5) is 12.5. The summed E-state index contributed by atoms with van der Waals surface area (Å²) in [6, 6.07) is 18.1. The zero-order chi connectivity index (χ0) is 17.5. The van der Waals surface area contributed by atoms with Gasteiger partial charge in [-0.3, -0.25) is 0 Å². The molecule has 3 rings (SSSR count). The number of ether oxygens (including phenoxy) is 1. The Labute approximate surface area is 157 Å². The zero-order valence-corrected chi connectivity index (χ0v) is 15.9. The van der Waals surface area contributed by atoms with E-state index in [2.05, 4.69) is 33.4 Å². The smallest absolute Gasteiger partial charge is 0.408 e. The number of halogens is 1. The maximum Gasteiger partial charge on any atom is 0.408 e. The van der Waals surface area contributed by atoms with Crippen molar-refractivity contribution in [2.45, 2.75) is 50.7 Å². The Kier molecular flexibility index (Phi) is 6.14. The van der Waals surface area contributed by atoms with Gasteiger partial charge in [0.05, 0.1) is 5.54 Å². The molecule has 0 radical (unpaired) electrons. The van der Waals surface area contributed by atoms with E-state index in [1.807, 2.05) is 42.5 Å². The highest BCUT2D eigenvalue weighted by Gasteiger charge is 2.34. The average Bonchev–Trinajstić information content (AvgIpc) is 2.88. The molecule has 0 heterocycles. The van der Waals surface area contributed by atoms with E-state index in [-0.39, 0.29) is 11.6 Å². The molecule has 3 nitrogen and oxygen atoms in total. The number of hydrogen-bond acceptors (Lipinski definition) is 2. The molecule has 25 heavy (non-hydrogen) atoms. The van der Waals surface area contributed by atoms with Crippen molar-refractivity contribution >= 4 is 22.0 Å². The molecule has 0 spiro atoms. The van der Waals surface area contributed by atoms with Gasteiger partial charge in [0.2, 0.25) is 0 Å². The number of carbonyl (C=O) groups is 1. The first-order valence-corrected chi connectivity index (χ1v) is 9.72. The molecular weight excluding hydrogens is 378 g/mol. The SMILES string of the molecule is O=C(NC1(c2ccc(Br)cc2)CCCCCC1)OCc1ccccc1. The second-order valence-electron chi connectivity index (χ2n) is 6.69. The van der Waals surface area contributed by atoms with Gasteiger partial charge in [-0.1, -0.05) is 84.1 Å². The van der Waals surface area contributed by atoms with Crippen LogP contribution in [0.25, 0.3) is 0 Å². The van der Waals surface area contributed by atoms with Crippen molar-refractivity contribution in [2.75, 3.05) is 0 Å². The summed E-state index contributed by atoms with van der Waals surface area (Å²) in [5, 5.41) is 3.20. The van der Waals surface area contributed by atoms with Crippen LogP contribution in [-0.2, 0) is 16.9 Å². The Morgan fingerprint density at radius 1 is 0.960 bits per heavy atom. The van der Waals surface area contributed by atoms with E-state index in [1.54, 1.807) is 0 Å². The Morgan fingerprint density at radius 2 is 1.60 bits per heavy atom. The van der Waals surface area contributed by atoms with E-state index < -0.39 is 0 Å². The lowest BCUT2D eigenvalue weighted by molar-refractivity contribution is 0.122. The molecule has 0 bridgehead atoms. The molecule has 0 unspecified atom stereocenters. The molecule has 2 aromatic rings. The predicted molar refractivity (Wildman–Crippen MR) is 103 cm³/mol. The normalized spacial score (nSPS) is 16.7. The molecule has 1 aliphatic rings. The van der Waals surface area contributed by atoms with Crippen LogP contribution in [0.1, 0.15) is 49.7 Å². The minimum Gasteiger partial charge on any atom is -0.445 e. The summed E-state index contributed by atoms with van der Waals surface area (Å²) in [5.74, 6) is 0. The van der Waals surface area contributed by atoms with Crippen molar-refractivity contribution in [3.63, 3.8) is 0 Å². The second-order valence-corrected chi connectivity index (χ2v) is 7.61. The van der Waals surface area contributed by atoms with Gasteiger partial charge in [-0.05, 0) is 36.1 Å². The van der Waals surface area contributed by atoms with Crippen molar-refractivity contribution in [1.82, 2.24) is 5.32 Å². The Balaban J connectivity index is 1.73. The lowest BCUT2D eigenvalue weighted by Gasteiger charge is -2.34. The third-order valence-corrected chi connectivity index (χ3v) is 5.44. The lowest BCUT2D eigenvalue weighted by atomic mass is 9.83. The fourth-order valence-corrected chi connectivity index (χ4v) is 3.81. The molecule has 1 N–H and O–H groups in total. The van der Waals surface area contributed by atoms with Gasteiger partial charge < -0.3 is 10.1 Å². The van der Waals surface area contributed by atoms with E-state index in [1.165, 1.54) is 12.8 Å². The summed E-state index contributed by atoms with van der Waals surface area (Å²) in [6.07, 6.45) is 6.25. The van der Waals surface area contributed by atoms with Gasteiger partial charge in [0.25, 0.3) is 0 Å². The highest BCUT2D eigenvalue weighted by molar-refractivity contribution is 9.10. The minimum atomic E-state index is -0.339. The standard InChI is InChI=1S/C21H24BrNO2/c22-19-12-10-18(11-13-19)21(14-6-1-2-7-15-21)23-20(24)25-16-17-8-4-3-5-9-17/h3-5,8-13H,1-2,6-7,14-16H2,(H,23,24). The molecule has 0 aliphatic heterocycles. The highest BCUT2D eigenvalue weighted by atomic mass is 79.9. The molecule has 0 aromatic heterocycles. The second kappa shape index (κ2) is 8.52. The summed E-state index contributed by atoms with van der Waals surface area (Å²) < 4.78 is 6.53. The van der Waals surface area contributed by atoms with Crippen LogP contribution in [0.2, 0.25) is 0 Å². The van der Waals surface area contributed by atoms with Crippen LogP contribution in [0.3, 0.4) is 0 Å². The Morgan fingerprint density at radius 3 is 2.24 bits per heavy atom. The van der Waals surface area contributed by atoms with Crippen molar-refractivity contribution in [1.29, 1.82) is 0 Å². The Hall–Kier alpha value is -1.81.